The molecule has 1 aromatic heterocycles. The molecule has 0 radical (unpaired) electrons. The van der Waals surface area contributed by atoms with Crippen molar-refractivity contribution in [3.8, 4) is 17.2 Å². The second kappa shape index (κ2) is 6.15. The lowest BCUT2D eigenvalue weighted by Crippen LogP contribution is -2.33. The second-order valence-electron chi connectivity index (χ2n) is 6.86. The van der Waals surface area contributed by atoms with Crippen LogP contribution >= 0.6 is 22.9 Å². The molecule has 0 spiro atoms. The fourth-order valence-corrected chi connectivity index (χ4v) is 4.92. The van der Waals surface area contributed by atoms with E-state index in [1.165, 1.54) is 4.88 Å². The van der Waals surface area contributed by atoms with Crippen LogP contribution in [0.4, 0.5) is 0 Å². The Morgan fingerprint density at radius 3 is 2.71 bits per heavy atom. The molecule has 3 aromatic rings. The minimum Gasteiger partial charge on any atom is -0.464 e. The Bertz CT molecular complexity index is 1100. The maximum Gasteiger partial charge on any atom is 0.231 e. The van der Waals surface area contributed by atoms with Crippen LogP contribution in [0.2, 0.25) is 5.02 Å². The molecule has 4 heterocycles. The third-order valence-electron chi connectivity index (χ3n) is 5.26. The van der Waals surface area contributed by atoms with Crippen molar-refractivity contribution in [2.24, 2.45) is 5.10 Å². The van der Waals surface area contributed by atoms with Gasteiger partial charge in [-0.25, -0.2) is 5.01 Å². The molecule has 0 amide bonds. The molecule has 2 atom stereocenters. The second-order valence-corrected chi connectivity index (χ2v) is 8.21. The Morgan fingerprint density at radius 2 is 1.86 bits per heavy atom. The van der Waals surface area contributed by atoms with Gasteiger partial charge >= 0.3 is 0 Å². The van der Waals surface area contributed by atoms with Gasteiger partial charge in [-0.1, -0.05) is 35.9 Å². The normalized spacial score (nSPS) is 21.8. The average molecular weight is 411 g/mol. The van der Waals surface area contributed by atoms with Gasteiger partial charge in [0, 0.05) is 23.6 Å². The quantitative estimate of drug-likeness (QED) is 0.569. The molecule has 0 saturated heterocycles. The molecule has 0 saturated carbocycles. The third kappa shape index (κ3) is 2.41. The molecule has 0 fully saturated rings. The summed E-state index contributed by atoms with van der Waals surface area (Å²) in [6, 6.07) is 16.1. The zero-order chi connectivity index (χ0) is 18.7. The molecule has 2 aromatic carbocycles. The van der Waals surface area contributed by atoms with Crippen LogP contribution in [-0.2, 0) is 0 Å². The zero-order valence-electron chi connectivity index (χ0n) is 14.7. The van der Waals surface area contributed by atoms with Crippen LogP contribution in [0.5, 0.6) is 17.2 Å². The Morgan fingerprint density at radius 1 is 1.00 bits per heavy atom. The maximum absolute atomic E-state index is 6.61. The van der Waals surface area contributed by atoms with Crippen LogP contribution in [0.15, 0.2) is 59.0 Å². The molecular formula is C21H15ClN2O3S. The lowest BCUT2D eigenvalue weighted by atomic mass is 9.97. The molecule has 0 N–H and O–H groups in total. The summed E-state index contributed by atoms with van der Waals surface area (Å²) in [6.45, 7) is 0.205. The molecular weight excluding hydrogens is 396 g/mol. The van der Waals surface area contributed by atoms with Gasteiger partial charge in [0.05, 0.1) is 21.7 Å². The third-order valence-corrected chi connectivity index (χ3v) is 6.51. The standard InChI is InChI=1S/C21H15ClN2O3S/c22-14-9-19-18(25-11-26-19)8-13(14)21-24-16(12-4-1-2-5-17(12)27-21)10-15(23-24)20-6-3-7-28-20/h1-9,16,21H,10-11H2. The topological polar surface area (TPSA) is 43.3 Å². The van der Waals surface area contributed by atoms with Crippen molar-refractivity contribution in [3.63, 3.8) is 0 Å². The number of rotatable bonds is 2. The van der Waals surface area contributed by atoms with Gasteiger partial charge in [0.1, 0.15) is 5.75 Å². The highest BCUT2D eigenvalue weighted by molar-refractivity contribution is 7.12. The van der Waals surface area contributed by atoms with Crippen molar-refractivity contribution in [2.75, 3.05) is 6.79 Å². The molecule has 5 nitrogen and oxygen atoms in total. The number of benzene rings is 2. The molecule has 140 valence electrons. The molecule has 3 aliphatic heterocycles. The van der Waals surface area contributed by atoms with Crippen LogP contribution in [0.25, 0.3) is 0 Å². The molecule has 2 unspecified atom stereocenters. The number of halogens is 1. The van der Waals surface area contributed by atoms with E-state index < -0.39 is 6.23 Å². The first-order valence-corrected chi connectivity index (χ1v) is 10.3. The van der Waals surface area contributed by atoms with E-state index in [0.29, 0.717) is 16.5 Å². The van der Waals surface area contributed by atoms with Gasteiger partial charge < -0.3 is 14.2 Å². The minimum atomic E-state index is -0.431. The van der Waals surface area contributed by atoms with Gasteiger partial charge in [-0.05, 0) is 23.6 Å². The van der Waals surface area contributed by atoms with Crippen molar-refractivity contribution in [1.29, 1.82) is 0 Å². The minimum absolute atomic E-state index is 0.105. The van der Waals surface area contributed by atoms with Gasteiger partial charge in [0.25, 0.3) is 0 Å². The van der Waals surface area contributed by atoms with E-state index in [2.05, 4.69) is 23.6 Å². The maximum atomic E-state index is 6.61. The zero-order valence-corrected chi connectivity index (χ0v) is 16.2. The van der Waals surface area contributed by atoms with Crippen LogP contribution in [0.3, 0.4) is 0 Å². The summed E-state index contributed by atoms with van der Waals surface area (Å²) in [6.07, 6.45) is 0.402. The average Bonchev–Trinajstić information content (AvgIpc) is 3.45. The molecule has 28 heavy (non-hydrogen) atoms. The van der Waals surface area contributed by atoms with E-state index in [1.54, 1.807) is 17.4 Å². The van der Waals surface area contributed by atoms with Crippen LogP contribution in [0.1, 0.15) is 34.7 Å². The number of para-hydroxylation sites is 1. The number of hydrogen-bond donors (Lipinski definition) is 0. The number of fused-ring (bicyclic) bond motifs is 4. The van der Waals surface area contributed by atoms with E-state index in [1.807, 2.05) is 29.3 Å². The molecule has 6 rings (SSSR count). The fraction of sp³-hybridized carbons (Fsp3) is 0.190. The number of hydrazone groups is 1. The first-order valence-electron chi connectivity index (χ1n) is 9.02. The Balaban J connectivity index is 1.48. The molecule has 0 bridgehead atoms. The number of nitrogens with zero attached hydrogens (tertiary/aromatic N) is 2. The SMILES string of the molecule is Clc1cc2c(cc1C1Oc3ccccc3C3CC(c4cccs4)=NN31)OCO2. The highest BCUT2D eigenvalue weighted by Crippen LogP contribution is 2.50. The largest absolute Gasteiger partial charge is 0.464 e. The van der Waals surface area contributed by atoms with Crippen LogP contribution < -0.4 is 14.2 Å². The lowest BCUT2D eigenvalue weighted by Gasteiger charge is -2.38. The summed E-state index contributed by atoms with van der Waals surface area (Å²) in [5.74, 6) is 2.20. The van der Waals surface area contributed by atoms with Gasteiger partial charge in [0.2, 0.25) is 13.0 Å². The number of hydrogen-bond acceptors (Lipinski definition) is 6. The first-order chi connectivity index (χ1) is 13.8. The van der Waals surface area contributed by atoms with E-state index in [4.69, 9.17) is 30.9 Å². The van der Waals surface area contributed by atoms with Gasteiger partial charge in [-0.15, -0.1) is 11.3 Å². The monoisotopic (exact) mass is 410 g/mol. The van der Waals surface area contributed by atoms with Crippen molar-refractivity contribution in [2.45, 2.75) is 18.7 Å². The summed E-state index contributed by atoms with van der Waals surface area (Å²) < 4.78 is 17.4. The Kier molecular flexibility index (Phi) is 3.58. The predicted octanol–water partition coefficient (Wildman–Crippen LogP) is 5.37. The van der Waals surface area contributed by atoms with E-state index in [-0.39, 0.29) is 12.8 Å². The summed E-state index contributed by atoms with van der Waals surface area (Å²) in [4.78, 5) is 1.18. The van der Waals surface area contributed by atoms with Gasteiger partial charge in [0.15, 0.2) is 11.5 Å². The molecule has 0 aliphatic carbocycles. The number of thiophene rings is 1. The van der Waals surface area contributed by atoms with E-state index in [9.17, 15) is 0 Å². The summed E-state index contributed by atoms with van der Waals surface area (Å²) in [7, 11) is 0. The van der Waals surface area contributed by atoms with Gasteiger partial charge in [-0.2, -0.15) is 5.10 Å². The van der Waals surface area contributed by atoms with Crippen molar-refractivity contribution in [3.05, 3.63) is 74.9 Å². The molecule has 3 aliphatic rings. The van der Waals surface area contributed by atoms with Crippen molar-refractivity contribution < 1.29 is 14.2 Å². The fourth-order valence-electron chi connectivity index (χ4n) is 3.95. The summed E-state index contributed by atoms with van der Waals surface area (Å²) >= 11 is 8.31. The summed E-state index contributed by atoms with van der Waals surface area (Å²) in [5, 5.41) is 9.63. The Labute approximate surface area is 170 Å². The lowest BCUT2D eigenvalue weighted by molar-refractivity contribution is -0.0190. The first kappa shape index (κ1) is 16.3. The molecule has 7 heteroatoms. The summed E-state index contributed by atoms with van der Waals surface area (Å²) in [5.41, 5.74) is 3.04. The van der Waals surface area contributed by atoms with Crippen molar-refractivity contribution >= 4 is 28.6 Å². The van der Waals surface area contributed by atoms with E-state index >= 15 is 0 Å². The predicted molar refractivity (Wildman–Crippen MR) is 107 cm³/mol. The van der Waals surface area contributed by atoms with E-state index in [0.717, 1.165) is 29.0 Å². The van der Waals surface area contributed by atoms with Crippen LogP contribution in [0, 0.1) is 0 Å². The number of ether oxygens (including phenoxy) is 3. The van der Waals surface area contributed by atoms with Crippen molar-refractivity contribution in [1.82, 2.24) is 5.01 Å². The smallest absolute Gasteiger partial charge is 0.231 e. The Hall–Kier alpha value is -2.70. The highest BCUT2D eigenvalue weighted by Gasteiger charge is 2.42. The van der Waals surface area contributed by atoms with Gasteiger partial charge in [-0.3, -0.25) is 0 Å². The van der Waals surface area contributed by atoms with Crippen LogP contribution in [-0.4, -0.2) is 17.5 Å². The highest BCUT2D eigenvalue weighted by atomic mass is 35.5.